The first-order valence-electron chi connectivity index (χ1n) is 9.91. The van der Waals surface area contributed by atoms with E-state index in [1.165, 1.54) is 16.8 Å². The van der Waals surface area contributed by atoms with Gasteiger partial charge in [0.25, 0.3) is 5.91 Å². The van der Waals surface area contributed by atoms with Crippen LogP contribution in [0.2, 0.25) is 0 Å². The van der Waals surface area contributed by atoms with Gasteiger partial charge in [0.2, 0.25) is 0 Å². The molecule has 1 amide bonds. The summed E-state index contributed by atoms with van der Waals surface area (Å²) in [7, 11) is 1.78. The molecule has 0 saturated heterocycles. The average molecular weight is 450 g/mol. The fourth-order valence-electron chi connectivity index (χ4n) is 3.54. The molecule has 0 saturated carbocycles. The van der Waals surface area contributed by atoms with E-state index in [-0.39, 0.29) is 5.91 Å². The number of hydrogen-bond acceptors (Lipinski definition) is 3. The molecule has 0 spiro atoms. The first kappa shape index (κ1) is 20.6. The van der Waals surface area contributed by atoms with Crippen LogP contribution in [0.5, 0.6) is 0 Å². The maximum Gasteiger partial charge on any atom is 0.416 e. The zero-order valence-electron chi connectivity index (χ0n) is 17.3. The van der Waals surface area contributed by atoms with Crippen LogP contribution in [0.1, 0.15) is 16.1 Å². The average Bonchev–Trinajstić information content (AvgIpc) is 3.53. The number of H-pyrrole nitrogens is 1. The molecule has 5 rings (SSSR count). The normalized spacial score (nSPS) is 11.8. The number of carbonyl (C=O) groups is 1. The maximum atomic E-state index is 12.8. The van der Waals surface area contributed by atoms with Gasteiger partial charge in [-0.25, -0.2) is 9.67 Å². The van der Waals surface area contributed by atoms with Gasteiger partial charge in [-0.05, 0) is 42.0 Å². The van der Waals surface area contributed by atoms with Gasteiger partial charge in [0.15, 0.2) is 0 Å². The van der Waals surface area contributed by atoms with E-state index in [2.05, 4.69) is 20.4 Å². The third-order valence-corrected chi connectivity index (χ3v) is 5.24. The van der Waals surface area contributed by atoms with Gasteiger partial charge in [-0.3, -0.25) is 4.79 Å². The Bertz CT molecular complexity index is 1460. The lowest BCUT2D eigenvalue weighted by Crippen LogP contribution is -2.11. The highest BCUT2D eigenvalue weighted by molar-refractivity contribution is 6.08. The van der Waals surface area contributed by atoms with E-state index in [1.54, 1.807) is 42.7 Å². The van der Waals surface area contributed by atoms with E-state index in [9.17, 15) is 18.0 Å². The largest absolute Gasteiger partial charge is 0.416 e. The number of aromatic nitrogens is 5. The first-order chi connectivity index (χ1) is 15.8. The Hall–Kier alpha value is -4.34. The van der Waals surface area contributed by atoms with Crippen LogP contribution >= 0.6 is 0 Å². The van der Waals surface area contributed by atoms with Gasteiger partial charge in [0.1, 0.15) is 5.69 Å². The zero-order chi connectivity index (χ0) is 23.2. The van der Waals surface area contributed by atoms with Crippen molar-refractivity contribution < 1.29 is 18.0 Å². The number of aromatic amines is 1. The van der Waals surface area contributed by atoms with E-state index in [4.69, 9.17) is 0 Å². The monoisotopic (exact) mass is 450 g/mol. The van der Waals surface area contributed by atoms with Crippen molar-refractivity contribution >= 4 is 22.5 Å². The third kappa shape index (κ3) is 3.98. The first-order valence-corrected chi connectivity index (χ1v) is 9.91. The lowest BCUT2D eigenvalue weighted by Gasteiger charge is -2.07. The van der Waals surface area contributed by atoms with Gasteiger partial charge in [-0.15, -0.1) is 0 Å². The number of halogens is 3. The number of benzene rings is 2. The van der Waals surface area contributed by atoms with Gasteiger partial charge in [-0.1, -0.05) is 6.07 Å². The number of alkyl halides is 3. The molecule has 0 unspecified atom stereocenters. The Morgan fingerprint density at radius 1 is 1.06 bits per heavy atom. The van der Waals surface area contributed by atoms with Crippen molar-refractivity contribution in [3.8, 4) is 16.8 Å². The second kappa shape index (κ2) is 7.66. The minimum Gasteiger partial charge on any atom is -0.359 e. The number of imidazole rings is 1. The minimum absolute atomic E-state index is 0.306. The van der Waals surface area contributed by atoms with Crippen LogP contribution in [0.15, 0.2) is 73.6 Å². The fraction of sp³-hybridized carbons (Fsp3) is 0.0870. The van der Waals surface area contributed by atoms with Crippen LogP contribution in [0, 0.1) is 0 Å². The van der Waals surface area contributed by atoms with Gasteiger partial charge in [-0.2, -0.15) is 18.3 Å². The molecule has 33 heavy (non-hydrogen) atoms. The minimum atomic E-state index is -4.39. The van der Waals surface area contributed by atoms with Crippen molar-refractivity contribution in [2.24, 2.45) is 7.05 Å². The molecule has 2 aromatic carbocycles. The van der Waals surface area contributed by atoms with Crippen LogP contribution < -0.4 is 5.32 Å². The van der Waals surface area contributed by atoms with Crippen molar-refractivity contribution in [2.45, 2.75) is 6.18 Å². The van der Waals surface area contributed by atoms with Crippen LogP contribution in [-0.4, -0.2) is 30.2 Å². The van der Waals surface area contributed by atoms with Gasteiger partial charge in [0, 0.05) is 42.1 Å². The number of fused-ring (bicyclic) bond motifs is 1. The summed E-state index contributed by atoms with van der Waals surface area (Å²) >= 11 is 0. The Kier molecular flexibility index (Phi) is 4.77. The molecule has 166 valence electrons. The van der Waals surface area contributed by atoms with E-state index >= 15 is 0 Å². The number of carbonyl (C=O) groups excluding carboxylic acids is 1. The quantitative estimate of drug-likeness (QED) is 0.403. The predicted molar refractivity (Wildman–Crippen MR) is 117 cm³/mol. The third-order valence-electron chi connectivity index (χ3n) is 5.24. The van der Waals surface area contributed by atoms with E-state index in [0.717, 1.165) is 34.2 Å². The fourth-order valence-corrected chi connectivity index (χ4v) is 3.54. The molecule has 0 radical (unpaired) electrons. The lowest BCUT2D eigenvalue weighted by atomic mass is 10.1. The van der Waals surface area contributed by atoms with Crippen molar-refractivity contribution in [2.75, 3.05) is 5.32 Å². The highest BCUT2D eigenvalue weighted by atomic mass is 19.4. The topological polar surface area (TPSA) is 80.5 Å². The Morgan fingerprint density at radius 2 is 1.85 bits per heavy atom. The van der Waals surface area contributed by atoms with Gasteiger partial charge < -0.3 is 14.9 Å². The molecule has 0 aliphatic carbocycles. The van der Waals surface area contributed by atoms with Crippen LogP contribution in [0.25, 0.3) is 27.7 Å². The standard InChI is InChI=1S/C23H17F3N6O/c1-31-12-21(28-13-31)22(33)30-20-10-27-19-7-2-14(8-18(19)20)15-9-29-32(11-15)17-5-3-16(4-6-17)23(24,25)26/h2-13,27H,1H3,(H,30,33). The molecule has 10 heteroatoms. The number of aryl methyl sites for hydroxylation is 1. The summed E-state index contributed by atoms with van der Waals surface area (Å²) < 4.78 is 41.6. The molecule has 3 heterocycles. The molecule has 7 nitrogen and oxygen atoms in total. The second-order valence-corrected chi connectivity index (χ2v) is 7.56. The van der Waals surface area contributed by atoms with Crippen molar-refractivity contribution in [1.29, 1.82) is 0 Å². The lowest BCUT2D eigenvalue weighted by molar-refractivity contribution is -0.137. The molecule has 0 fully saturated rings. The molecular weight excluding hydrogens is 433 g/mol. The summed E-state index contributed by atoms with van der Waals surface area (Å²) in [6.07, 6.45) is 3.88. The van der Waals surface area contributed by atoms with Crippen molar-refractivity contribution in [1.82, 2.24) is 24.3 Å². The highest BCUT2D eigenvalue weighted by Crippen LogP contribution is 2.31. The summed E-state index contributed by atoms with van der Waals surface area (Å²) in [5, 5.41) is 7.95. The zero-order valence-corrected chi connectivity index (χ0v) is 17.3. The van der Waals surface area contributed by atoms with Crippen LogP contribution in [-0.2, 0) is 13.2 Å². The number of amides is 1. The summed E-state index contributed by atoms with van der Waals surface area (Å²) in [5.74, 6) is -0.322. The number of anilines is 1. The number of nitrogens with zero attached hydrogens (tertiary/aromatic N) is 4. The maximum absolute atomic E-state index is 12.8. The van der Waals surface area contributed by atoms with Crippen LogP contribution in [0.4, 0.5) is 18.9 Å². The molecule has 0 atom stereocenters. The number of rotatable bonds is 4. The van der Waals surface area contributed by atoms with Crippen LogP contribution in [0.3, 0.4) is 0 Å². The molecule has 5 aromatic rings. The summed E-state index contributed by atoms with van der Waals surface area (Å²) in [6.45, 7) is 0. The smallest absolute Gasteiger partial charge is 0.359 e. The highest BCUT2D eigenvalue weighted by Gasteiger charge is 2.30. The SMILES string of the molecule is Cn1cnc(C(=O)Nc2c[nH]c3ccc(-c4cnn(-c5ccc(C(F)(F)F)cc5)c4)cc23)c1. The van der Waals surface area contributed by atoms with Crippen molar-refractivity contribution in [3.05, 3.63) is 84.8 Å². The number of hydrogen-bond donors (Lipinski definition) is 2. The summed E-state index contributed by atoms with van der Waals surface area (Å²) in [5.41, 5.74) is 3.18. The molecule has 0 bridgehead atoms. The van der Waals surface area contributed by atoms with Gasteiger partial charge >= 0.3 is 6.18 Å². The summed E-state index contributed by atoms with van der Waals surface area (Å²) in [4.78, 5) is 19.7. The van der Waals surface area contributed by atoms with E-state index < -0.39 is 11.7 Å². The Morgan fingerprint density at radius 3 is 2.55 bits per heavy atom. The van der Waals surface area contributed by atoms with Crippen molar-refractivity contribution in [3.63, 3.8) is 0 Å². The Balaban J connectivity index is 1.42. The molecule has 0 aliphatic heterocycles. The number of nitrogens with one attached hydrogen (secondary N) is 2. The second-order valence-electron chi connectivity index (χ2n) is 7.56. The molecule has 0 aliphatic rings. The van der Waals surface area contributed by atoms with E-state index in [0.29, 0.717) is 17.1 Å². The molecule has 2 N–H and O–H groups in total. The predicted octanol–water partition coefficient (Wildman–Crippen LogP) is 5.03. The Labute approximate surface area is 185 Å². The van der Waals surface area contributed by atoms with Gasteiger partial charge in [0.05, 0.1) is 29.5 Å². The molecule has 3 aromatic heterocycles. The van der Waals surface area contributed by atoms with E-state index in [1.807, 2.05) is 18.2 Å². The summed E-state index contributed by atoms with van der Waals surface area (Å²) in [6, 6.07) is 10.5. The molecular formula is C23H17F3N6O.